The summed E-state index contributed by atoms with van der Waals surface area (Å²) in [4.78, 5) is 12.1. The molecule has 1 heterocycles. The average molecular weight is 363 g/mol. The van der Waals surface area contributed by atoms with E-state index in [0.29, 0.717) is 0 Å². The number of benzene rings is 1. The molecule has 1 aliphatic rings. The maximum absolute atomic E-state index is 12.1. The lowest BCUT2D eigenvalue weighted by molar-refractivity contribution is 0.0508. The normalized spacial score (nSPS) is 16.3. The van der Waals surface area contributed by atoms with Crippen molar-refractivity contribution in [2.75, 3.05) is 11.9 Å². The molecule has 0 fully saturated rings. The predicted molar refractivity (Wildman–Crippen MR) is 111 cm³/mol. The van der Waals surface area contributed by atoms with Crippen LogP contribution in [0.3, 0.4) is 0 Å². The number of aryl methyl sites for hydroxylation is 1. The highest BCUT2D eigenvalue weighted by atomic mass is 16.6. The first-order valence-electron chi connectivity index (χ1n) is 9.94. The third kappa shape index (κ3) is 5.65. The fraction of sp³-hybridized carbons (Fsp3) is 0.682. The van der Waals surface area contributed by atoms with E-state index in [0.717, 1.165) is 24.9 Å². The topological polar surface area (TPSA) is 50.4 Å². The molecule has 2 N–H and O–H groups in total. The van der Waals surface area contributed by atoms with E-state index in [-0.39, 0.29) is 17.6 Å². The van der Waals surface area contributed by atoms with Crippen molar-refractivity contribution in [3.8, 4) is 0 Å². The van der Waals surface area contributed by atoms with Gasteiger partial charge in [-0.3, -0.25) is 0 Å². The molecule has 0 spiro atoms. The molecule has 4 heteroatoms. The maximum atomic E-state index is 12.1. The highest BCUT2D eigenvalue weighted by Gasteiger charge is 2.29. The van der Waals surface area contributed by atoms with Gasteiger partial charge in [-0.25, -0.2) is 4.79 Å². The zero-order valence-corrected chi connectivity index (χ0v) is 18.2. The fourth-order valence-electron chi connectivity index (χ4n) is 3.28. The van der Waals surface area contributed by atoms with Gasteiger partial charge in [0, 0.05) is 12.2 Å². The molecule has 1 unspecified atom stereocenters. The Hall–Kier alpha value is -1.71. The highest BCUT2D eigenvalue weighted by Crippen LogP contribution is 2.39. The largest absolute Gasteiger partial charge is 0.444 e. The lowest BCUT2D eigenvalue weighted by atomic mass is 9.76. The molecule has 0 radical (unpaired) electrons. The van der Waals surface area contributed by atoms with E-state index in [1.54, 1.807) is 0 Å². The Bertz CT molecular complexity index is 615. The smallest absolute Gasteiger partial charge is 0.408 e. The van der Waals surface area contributed by atoms with Crippen molar-refractivity contribution >= 4 is 11.8 Å². The van der Waals surface area contributed by atoms with Gasteiger partial charge in [-0.05, 0) is 68.7 Å². The molecule has 1 aliphatic heterocycles. The molecule has 0 bridgehead atoms. The first kappa shape index (κ1) is 22.3. The van der Waals surface area contributed by atoms with Crippen molar-refractivity contribution in [1.29, 1.82) is 0 Å². The Morgan fingerprint density at radius 2 is 1.92 bits per heavy atom. The zero-order valence-electron chi connectivity index (χ0n) is 18.2. The number of carbonyl (C=O) groups is 1. The molecule has 1 aromatic rings. The van der Waals surface area contributed by atoms with Crippen LogP contribution in [0, 0.1) is 0 Å². The summed E-state index contributed by atoms with van der Waals surface area (Å²) >= 11 is 0. The summed E-state index contributed by atoms with van der Waals surface area (Å²) in [5.74, 6) is 0. The zero-order chi connectivity index (χ0) is 20.1. The number of rotatable bonds is 3. The van der Waals surface area contributed by atoms with Gasteiger partial charge < -0.3 is 15.4 Å². The van der Waals surface area contributed by atoms with Crippen LogP contribution in [0.4, 0.5) is 10.5 Å². The Morgan fingerprint density at radius 1 is 1.31 bits per heavy atom. The summed E-state index contributed by atoms with van der Waals surface area (Å²) in [5, 5.41) is 6.48. The molecule has 0 aliphatic carbocycles. The Kier molecular flexibility index (Phi) is 7.55. The van der Waals surface area contributed by atoms with Crippen LogP contribution in [0.2, 0.25) is 0 Å². The van der Waals surface area contributed by atoms with Gasteiger partial charge in [0.05, 0.1) is 6.04 Å². The second kappa shape index (κ2) is 8.79. The molecule has 0 saturated heterocycles. The quantitative estimate of drug-likeness (QED) is 0.698. The van der Waals surface area contributed by atoms with Crippen molar-refractivity contribution in [3.05, 3.63) is 28.8 Å². The minimum atomic E-state index is -0.487. The number of alkyl carbamates (subject to hydrolysis) is 1. The maximum Gasteiger partial charge on any atom is 0.408 e. The van der Waals surface area contributed by atoms with E-state index in [4.69, 9.17) is 4.74 Å². The molecule has 1 aromatic carbocycles. The number of ether oxygens (including phenoxy) is 1. The molecule has 2 rings (SSSR count). The van der Waals surface area contributed by atoms with Gasteiger partial charge in [0.1, 0.15) is 5.60 Å². The fourth-order valence-corrected chi connectivity index (χ4v) is 3.28. The van der Waals surface area contributed by atoms with Crippen LogP contribution in [-0.2, 0) is 16.6 Å². The monoisotopic (exact) mass is 362 g/mol. The second-order valence-electron chi connectivity index (χ2n) is 8.38. The van der Waals surface area contributed by atoms with Gasteiger partial charge in [0.15, 0.2) is 0 Å². The lowest BCUT2D eigenvalue weighted by Gasteiger charge is -2.35. The lowest BCUT2D eigenvalue weighted by Crippen LogP contribution is -2.34. The first-order valence-corrected chi connectivity index (χ1v) is 9.94. The van der Waals surface area contributed by atoms with Crippen molar-refractivity contribution in [2.24, 2.45) is 0 Å². The van der Waals surface area contributed by atoms with Crippen LogP contribution in [0.5, 0.6) is 0 Å². The number of anilines is 1. The van der Waals surface area contributed by atoms with E-state index >= 15 is 0 Å². The number of nitrogens with one attached hydrogen (secondary N) is 2. The molecule has 148 valence electrons. The van der Waals surface area contributed by atoms with E-state index < -0.39 is 5.60 Å². The summed E-state index contributed by atoms with van der Waals surface area (Å²) in [5.41, 5.74) is 4.71. The molecule has 4 nitrogen and oxygen atoms in total. The van der Waals surface area contributed by atoms with Crippen LogP contribution in [0.25, 0.3) is 0 Å². The summed E-state index contributed by atoms with van der Waals surface area (Å²) < 4.78 is 5.38. The van der Waals surface area contributed by atoms with Crippen molar-refractivity contribution in [2.45, 2.75) is 92.2 Å². The van der Waals surface area contributed by atoms with Crippen LogP contribution in [0.15, 0.2) is 12.1 Å². The SMILES string of the molecule is CC.CCc1cc2c(cc1C(C)NC(=O)OC(C)(C)C)NCCC2(C)C. The van der Waals surface area contributed by atoms with Crippen LogP contribution in [0.1, 0.15) is 91.5 Å². The number of hydrogen-bond donors (Lipinski definition) is 2. The van der Waals surface area contributed by atoms with Crippen molar-refractivity contribution in [3.63, 3.8) is 0 Å². The van der Waals surface area contributed by atoms with E-state index in [2.05, 4.69) is 43.5 Å². The molecular formula is C22H38N2O2. The third-order valence-corrected chi connectivity index (χ3v) is 4.65. The van der Waals surface area contributed by atoms with Crippen molar-refractivity contribution in [1.82, 2.24) is 5.32 Å². The second-order valence-corrected chi connectivity index (χ2v) is 8.38. The van der Waals surface area contributed by atoms with Gasteiger partial charge in [0.25, 0.3) is 0 Å². The molecule has 0 aromatic heterocycles. The summed E-state index contributed by atoms with van der Waals surface area (Å²) in [6, 6.07) is 4.42. The summed E-state index contributed by atoms with van der Waals surface area (Å²) in [6.07, 6.45) is 1.70. The Labute approximate surface area is 160 Å². The number of hydrogen-bond acceptors (Lipinski definition) is 3. The molecular weight excluding hydrogens is 324 g/mol. The summed E-state index contributed by atoms with van der Waals surface area (Å²) in [7, 11) is 0. The molecule has 1 atom stereocenters. The molecule has 1 amide bonds. The van der Waals surface area contributed by atoms with E-state index in [1.807, 2.05) is 41.5 Å². The molecule has 26 heavy (non-hydrogen) atoms. The highest BCUT2D eigenvalue weighted by molar-refractivity contribution is 5.69. The number of amides is 1. The van der Waals surface area contributed by atoms with Crippen molar-refractivity contribution < 1.29 is 9.53 Å². The van der Waals surface area contributed by atoms with E-state index in [9.17, 15) is 4.79 Å². The van der Waals surface area contributed by atoms with Gasteiger partial charge in [-0.15, -0.1) is 0 Å². The number of carbonyl (C=O) groups excluding carboxylic acids is 1. The predicted octanol–water partition coefficient (Wildman–Crippen LogP) is 5.95. The minimum absolute atomic E-state index is 0.0908. The van der Waals surface area contributed by atoms with Crippen LogP contribution < -0.4 is 10.6 Å². The Balaban J connectivity index is 0.00000163. The number of fused-ring (bicyclic) bond motifs is 1. The van der Waals surface area contributed by atoms with E-state index in [1.165, 1.54) is 16.8 Å². The van der Waals surface area contributed by atoms with Crippen LogP contribution in [-0.4, -0.2) is 18.2 Å². The van der Waals surface area contributed by atoms with Crippen LogP contribution >= 0.6 is 0 Å². The van der Waals surface area contributed by atoms with Gasteiger partial charge in [-0.1, -0.05) is 40.7 Å². The van der Waals surface area contributed by atoms with Gasteiger partial charge in [-0.2, -0.15) is 0 Å². The summed E-state index contributed by atoms with van der Waals surface area (Å²) in [6.45, 7) is 19.4. The molecule has 0 saturated carbocycles. The third-order valence-electron chi connectivity index (χ3n) is 4.65. The van der Waals surface area contributed by atoms with Gasteiger partial charge >= 0.3 is 6.09 Å². The minimum Gasteiger partial charge on any atom is -0.444 e. The Morgan fingerprint density at radius 3 is 2.46 bits per heavy atom. The van der Waals surface area contributed by atoms with Gasteiger partial charge in [0.2, 0.25) is 0 Å². The first-order chi connectivity index (χ1) is 12.0. The average Bonchev–Trinajstić information content (AvgIpc) is 2.53. The standard InChI is InChI=1S/C20H32N2O2.C2H6/c1-8-14-11-16-17(21-10-9-20(16,6)7)12-15(14)13(2)22-18(23)24-19(3,4)5;1-2/h11-13,21H,8-10H2,1-7H3,(H,22,23);1-2H3.